The van der Waals surface area contributed by atoms with Crippen molar-refractivity contribution >= 4 is 23.2 Å². The summed E-state index contributed by atoms with van der Waals surface area (Å²) in [5.74, 6) is -0.243. The van der Waals surface area contributed by atoms with Gasteiger partial charge in [-0.2, -0.15) is 0 Å². The van der Waals surface area contributed by atoms with Crippen LogP contribution < -0.4 is 20.1 Å². The second-order valence-corrected chi connectivity index (χ2v) is 5.93. The molecular weight excluding hydrogens is 332 g/mol. The molecule has 1 heterocycles. The van der Waals surface area contributed by atoms with E-state index in [2.05, 4.69) is 10.6 Å². The molecule has 0 radical (unpaired) electrons. The summed E-state index contributed by atoms with van der Waals surface area (Å²) in [5.41, 5.74) is 3.21. The monoisotopic (exact) mass is 354 g/mol. The average Bonchev–Trinajstić information content (AvgIpc) is 2.67. The number of rotatable bonds is 4. The standard InChI is InChI=1S/C20H22N2O4/c1-3-13-6-5-7-14(4-2)18(13)22-20(24)19(23)21-15-8-9-16-17(12-15)26-11-10-25-16/h5-9,12H,3-4,10-11H2,1-2H3,(H,21,23)(H,22,24). The maximum atomic E-state index is 12.4. The summed E-state index contributed by atoms with van der Waals surface area (Å²) >= 11 is 0. The third kappa shape index (κ3) is 3.79. The van der Waals surface area contributed by atoms with Crippen LogP contribution in [-0.4, -0.2) is 25.0 Å². The smallest absolute Gasteiger partial charge is 0.314 e. The number of aryl methyl sites for hydroxylation is 2. The van der Waals surface area contributed by atoms with Crippen LogP contribution in [0.5, 0.6) is 11.5 Å². The summed E-state index contributed by atoms with van der Waals surface area (Å²) < 4.78 is 10.9. The van der Waals surface area contributed by atoms with Crippen molar-refractivity contribution in [1.82, 2.24) is 0 Å². The Kier molecular flexibility index (Phi) is 5.41. The second-order valence-electron chi connectivity index (χ2n) is 5.93. The first-order chi connectivity index (χ1) is 12.6. The van der Waals surface area contributed by atoms with Gasteiger partial charge in [0.1, 0.15) is 13.2 Å². The van der Waals surface area contributed by atoms with Crippen molar-refractivity contribution < 1.29 is 19.1 Å². The van der Waals surface area contributed by atoms with Crippen molar-refractivity contribution in [2.75, 3.05) is 23.8 Å². The molecule has 2 N–H and O–H groups in total. The molecule has 26 heavy (non-hydrogen) atoms. The first kappa shape index (κ1) is 17.8. The molecule has 2 aromatic carbocycles. The van der Waals surface area contributed by atoms with Gasteiger partial charge in [-0.1, -0.05) is 32.0 Å². The SMILES string of the molecule is CCc1cccc(CC)c1NC(=O)C(=O)Nc1ccc2c(c1)OCCO2. The van der Waals surface area contributed by atoms with Gasteiger partial charge in [0.15, 0.2) is 11.5 Å². The Morgan fingerprint density at radius 3 is 2.15 bits per heavy atom. The highest BCUT2D eigenvalue weighted by molar-refractivity contribution is 6.43. The van der Waals surface area contributed by atoms with Gasteiger partial charge >= 0.3 is 11.8 Å². The molecule has 1 aliphatic heterocycles. The minimum Gasteiger partial charge on any atom is -0.486 e. The molecule has 0 atom stereocenters. The van der Waals surface area contributed by atoms with E-state index in [1.54, 1.807) is 18.2 Å². The lowest BCUT2D eigenvalue weighted by atomic mass is 10.0. The maximum absolute atomic E-state index is 12.4. The number of amides is 2. The number of benzene rings is 2. The summed E-state index contributed by atoms with van der Waals surface area (Å²) in [6.45, 7) is 4.98. The highest BCUT2D eigenvalue weighted by Crippen LogP contribution is 2.32. The molecule has 6 nitrogen and oxygen atoms in total. The number of hydrogen-bond acceptors (Lipinski definition) is 4. The van der Waals surface area contributed by atoms with E-state index in [9.17, 15) is 9.59 Å². The molecule has 0 aliphatic carbocycles. The molecular formula is C20H22N2O4. The third-order valence-corrected chi connectivity index (χ3v) is 4.24. The molecule has 1 aliphatic rings. The quantitative estimate of drug-likeness (QED) is 0.827. The number of carbonyl (C=O) groups excluding carboxylic acids is 2. The van der Waals surface area contributed by atoms with Crippen LogP contribution in [-0.2, 0) is 22.4 Å². The molecule has 0 bridgehead atoms. The predicted octanol–water partition coefficient (Wildman–Crippen LogP) is 3.16. The van der Waals surface area contributed by atoms with Crippen LogP contribution >= 0.6 is 0 Å². The number of hydrogen-bond donors (Lipinski definition) is 2. The summed E-state index contributed by atoms with van der Waals surface area (Å²) in [6.07, 6.45) is 1.54. The summed E-state index contributed by atoms with van der Waals surface area (Å²) in [6, 6.07) is 10.9. The Morgan fingerprint density at radius 2 is 1.50 bits per heavy atom. The van der Waals surface area contributed by atoms with Gasteiger partial charge in [0, 0.05) is 17.4 Å². The molecule has 0 unspecified atom stereocenters. The van der Waals surface area contributed by atoms with Crippen molar-refractivity contribution in [1.29, 1.82) is 0 Å². The molecule has 0 saturated carbocycles. The van der Waals surface area contributed by atoms with Crippen molar-refractivity contribution in [3.63, 3.8) is 0 Å². The Morgan fingerprint density at radius 1 is 0.885 bits per heavy atom. The number of anilines is 2. The molecule has 136 valence electrons. The fourth-order valence-electron chi connectivity index (χ4n) is 2.88. The van der Waals surface area contributed by atoms with E-state index >= 15 is 0 Å². The van der Waals surface area contributed by atoms with Crippen LogP contribution in [0, 0.1) is 0 Å². The number of nitrogens with one attached hydrogen (secondary N) is 2. The number of ether oxygens (including phenoxy) is 2. The first-order valence-corrected chi connectivity index (χ1v) is 8.75. The summed E-state index contributed by atoms with van der Waals surface area (Å²) in [7, 11) is 0. The van der Waals surface area contributed by atoms with Gasteiger partial charge in [-0.15, -0.1) is 0 Å². The number of para-hydroxylation sites is 1. The lowest BCUT2D eigenvalue weighted by molar-refractivity contribution is -0.133. The van der Waals surface area contributed by atoms with Gasteiger partial charge in [-0.25, -0.2) is 0 Å². The molecule has 0 aromatic heterocycles. The van der Waals surface area contributed by atoms with Crippen LogP contribution in [0.25, 0.3) is 0 Å². The largest absolute Gasteiger partial charge is 0.486 e. The normalized spacial score (nSPS) is 12.4. The fraction of sp³-hybridized carbons (Fsp3) is 0.300. The van der Waals surface area contributed by atoms with Crippen LogP contribution in [0.3, 0.4) is 0 Å². The van der Waals surface area contributed by atoms with E-state index in [0.29, 0.717) is 30.4 Å². The van der Waals surface area contributed by atoms with E-state index in [0.717, 1.165) is 29.7 Å². The van der Waals surface area contributed by atoms with E-state index in [1.165, 1.54) is 0 Å². The van der Waals surface area contributed by atoms with Crippen LogP contribution in [0.1, 0.15) is 25.0 Å². The molecule has 2 aromatic rings. The minimum atomic E-state index is -0.727. The van der Waals surface area contributed by atoms with Gasteiger partial charge in [0.2, 0.25) is 0 Å². The molecule has 2 amide bonds. The molecule has 3 rings (SSSR count). The molecule has 0 fully saturated rings. The van der Waals surface area contributed by atoms with Gasteiger partial charge in [-0.05, 0) is 36.1 Å². The van der Waals surface area contributed by atoms with Crippen molar-refractivity contribution in [3.8, 4) is 11.5 Å². The van der Waals surface area contributed by atoms with Gasteiger partial charge < -0.3 is 20.1 Å². The highest BCUT2D eigenvalue weighted by atomic mass is 16.6. The van der Waals surface area contributed by atoms with Gasteiger partial charge in [0.05, 0.1) is 0 Å². The van der Waals surface area contributed by atoms with E-state index in [-0.39, 0.29) is 0 Å². The Balaban J connectivity index is 1.72. The molecule has 0 saturated heterocycles. The Hall–Kier alpha value is -3.02. The van der Waals surface area contributed by atoms with E-state index in [4.69, 9.17) is 9.47 Å². The third-order valence-electron chi connectivity index (χ3n) is 4.24. The summed E-state index contributed by atoms with van der Waals surface area (Å²) in [5, 5.41) is 5.36. The van der Waals surface area contributed by atoms with Gasteiger partial charge in [-0.3, -0.25) is 9.59 Å². The lowest BCUT2D eigenvalue weighted by Crippen LogP contribution is -2.30. The Labute approximate surface area is 152 Å². The second kappa shape index (κ2) is 7.91. The van der Waals surface area contributed by atoms with Crippen molar-refractivity contribution in [2.45, 2.75) is 26.7 Å². The predicted molar refractivity (Wildman–Crippen MR) is 99.9 cm³/mol. The zero-order valence-electron chi connectivity index (χ0n) is 14.9. The van der Waals surface area contributed by atoms with Crippen molar-refractivity contribution in [2.24, 2.45) is 0 Å². The average molecular weight is 354 g/mol. The van der Waals surface area contributed by atoms with Crippen LogP contribution in [0.2, 0.25) is 0 Å². The van der Waals surface area contributed by atoms with Crippen molar-refractivity contribution in [3.05, 3.63) is 47.5 Å². The topological polar surface area (TPSA) is 76.7 Å². The molecule has 0 spiro atoms. The zero-order chi connectivity index (χ0) is 18.5. The highest BCUT2D eigenvalue weighted by Gasteiger charge is 2.18. The lowest BCUT2D eigenvalue weighted by Gasteiger charge is -2.19. The Bertz CT molecular complexity index is 810. The number of carbonyl (C=O) groups is 2. The zero-order valence-corrected chi connectivity index (χ0v) is 14.9. The minimum absolute atomic E-state index is 0.457. The van der Waals surface area contributed by atoms with E-state index < -0.39 is 11.8 Å². The van der Waals surface area contributed by atoms with Crippen LogP contribution in [0.4, 0.5) is 11.4 Å². The first-order valence-electron chi connectivity index (χ1n) is 8.75. The number of fused-ring (bicyclic) bond motifs is 1. The molecule has 6 heteroatoms. The fourth-order valence-corrected chi connectivity index (χ4v) is 2.88. The van der Waals surface area contributed by atoms with E-state index in [1.807, 2.05) is 32.0 Å². The van der Waals surface area contributed by atoms with Crippen LogP contribution in [0.15, 0.2) is 36.4 Å². The maximum Gasteiger partial charge on any atom is 0.314 e. The summed E-state index contributed by atoms with van der Waals surface area (Å²) in [4.78, 5) is 24.7. The van der Waals surface area contributed by atoms with Gasteiger partial charge in [0.25, 0.3) is 0 Å².